The lowest BCUT2D eigenvalue weighted by molar-refractivity contribution is -0.122. The van der Waals surface area contributed by atoms with Crippen molar-refractivity contribution in [3.8, 4) is 0 Å². The monoisotopic (exact) mass is 248 g/mol. The third kappa shape index (κ3) is 3.30. The van der Waals surface area contributed by atoms with Gasteiger partial charge in [0, 0.05) is 18.8 Å². The molecule has 0 heterocycles. The van der Waals surface area contributed by atoms with Gasteiger partial charge in [-0.1, -0.05) is 12.0 Å². The summed E-state index contributed by atoms with van der Waals surface area (Å²) >= 11 is 0. The molecule has 100 valence electrons. The van der Waals surface area contributed by atoms with Crippen molar-refractivity contribution in [1.29, 1.82) is 0 Å². The highest BCUT2D eigenvalue weighted by Gasteiger charge is 2.27. The van der Waals surface area contributed by atoms with Crippen LogP contribution in [0.1, 0.15) is 71.1 Å². The Hall–Kier alpha value is -0.920. The zero-order chi connectivity index (χ0) is 13.0. The first kappa shape index (κ1) is 13.5. The van der Waals surface area contributed by atoms with E-state index >= 15 is 0 Å². The minimum absolute atomic E-state index is 0.205. The zero-order valence-corrected chi connectivity index (χ0v) is 11.5. The van der Waals surface area contributed by atoms with Crippen molar-refractivity contribution < 1.29 is 9.59 Å². The van der Waals surface area contributed by atoms with Gasteiger partial charge in [-0.3, -0.25) is 9.59 Å². The highest BCUT2D eigenvalue weighted by atomic mass is 16.1. The molecule has 0 saturated heterocycles. The molecule has 0 aromatic rings. The Labute approximate surface area is 110 Å². The van der Waals surface area contributed by atoms with Gasteiger partial charge in [-0.25, -0.2) is 0 Å². The Morgan fingerprint density at radius 2 is 1.56 bits per heavy atom. The van der Waals surface area contributed by atoms with E-state index in [0.29, 0.717) is 18.0 Å². The second-order valence-corrected chi connectivity index (χ2v) is 5.85. The number of carbonyl (C=O) groups excluding carboxylic acids is 2. The Kier molecular flexibility index (Phi) is 4.73. The molecule has 2 bridgehead atoms. The predicted molar refractivity (Wildman–Crippen MR) is 72.4 cm³/mol. The molecule has 1 atom stereocenters. The maximum atomic E-state index is 12.4. The lowest BCUT2D eigenvalue weighted by atomic mass is 9.78. The Morgan fingerprint density at radius 3 is 2.39 bits per heavy atom. The van der Waals surface area contributed by atoms with E-state index < -0.39 is 0 Å². The predicted octanol–water partition coefficient (Wildman–Crippen LogP) is 3.99. The summed E-state index contributed by atoms with van der Waals surface area (Å²) in [6, 6.07) is 0. The molecule has 0 aromatic heterocycles. The number of hydrogen-bond donors (Lipinski definition) is 0. The molecule has 0 spiro atoms. The minimum atomic E-state index is 0.205. The fraction of sp³-hybridized carbons (Fsp3) is 0.750. The number of hydrogen-bond acceptors (Lipinski definition) is 2. The largest absolute Gasteiger partial charge is 0.300 e. The normalized spacial score (nSPS) is 27.7. The highest BCUT2D eigenvalue weighted by molar-refractivity contribution is 5.98. The van der Waals surface area contributed by atoms with Crippen LogP contribution in [0.4, 0.5) is 0 Å². The van der Waals surface area contributed by atoms with Crippen molar-refractivity contribution in [1.82, 2.24) is 0 Å². The SMILES string of the molecule is CC1=C2CCCCCC(=O)CCCC(CC1)C2=O. The van der Waals surface area contributed by atoms with Gasteiger partial charge in [-0.05, 0) is 57.4 Å². The molecule has 2 rings (SSSR count). The van der Waals surface area contributed by atoms with E-state index in [0.717, 1.165) is 63.4 Å². The van der Waals surface area contributed by atoms with Gasteiger partial charge in [0.1, 0.15) is 5.78 Å². The fourth-order valence-corrected chi connectivity index (χ4v) is 3.21. The Morgan fingerprint density at radius 1 is 0.833 bits per heavy atom. The maximum absolute atomic E-state index is 12.4. The van der Waals surface area contributed by atoms with Crippen molar-refractivity contribution in [2.24, 2.45) is 5.92 Å². The summed E-state index contributed by atoms with van der Waals surface area (Å²) in [6.07, 6.45) is 9.43. The van der Waals surface area contributed by atoms with Crippen LogP contribution in [0.25, 0.3) is 0 Å². The summed E-state index contributed by atoms with van der Waals surface area (Å²) in [6.45, 7) is 2.12. The van der Waals surface area contributed by atoms with Gasteiger partial charge in [-0.2, -0.15) is 0 Å². The number of fused-ring (bicyclic) bond motifs is 2. The average molecular weight is 248 g/mol. The summed E-state index contributed by atoms with van der Waals surface area (Å²) in [4.78, 5) is 24.0. The summed E-state index contributed by atoms with van der Waals surface area (Å²) in [5, 5.41) is 0. The molecular weight excluding hydrogens is 224 g/mol. The summed E-state index contributed by atoms with van der Waals surface area (Å²) in [5.41, 5.74) is 2.45. The van der Waals surface area contributed by atoms with Crippen molar-refractivity contribution in [3.63, 3.8) is 0 Å². The van der Waals surface area contributed by atoms with Gasteiger partial charge < -0.3 is 0 Å². The van der Waals surface area contributed by atoms with Crippen molar-refractivity contribution in [2.75, 3.05) is 0 Å². The number of carbonyl (C=O) groups is 2. The van der Waals surface area contributed by atoms with E-state index in [1.54, 1.807) is 0 Å². The van der Waals surface area contributed by atoms with Gasteiger partial charge in [0.25, 0.3) is 0 Å². The van der Waals surface area contributed by atoms with Crippen LogP contribution in [0.5, 0.6) is 0 Å². The Balaban J connectivity index is 2.07. The quantitative estimate of drug-likeness (QED) is 0.649. The van der Waals surface area contributed by atoms with Crippen LogP contribution < -0.4 is 0 Å². The number of ketones is 2. The van der Waals surface area contributed by atoms with E-state index in [2.05, 4.69) is 6.92 Å². The van der Waals surface area contributed by atoms with Crippen molar-refractivity contribution >= 4 is 11.6 Å². The number of rotatable bonds is 0. The van der Waals surface area contributed by atoms with E-state index in [-0.39, 0.29) is 5.92 Å². The summed E-state index contributed by atoms with van der Waals surface area (Å²) in [7, 11) is 0. The molecule has 2 nitrogen and oxygen atoms in total. The second kappa shape index (κ2) is 6.31. The molecule has 18 heavy (non-hydrogen) atoms. The fourth-order valence-electron chi connectivity index (χ4n) is 3.21. The topological polar surface area (TPSA) is 34.1 Å². The van der Waals surface area contributed by atoms with Crippen LogP contribution >= 0.6 is 0 Å². The van der Waals surface area contributed by atoms with Crippen LogP contribution in [0.3, 0.4) is 0 Å². The first-order valence-electron chi connectivity index (χ1n) is 7.43. The molecule has 0 aromatic carbocycles. The third-order valence-electron chi connectivity index (χ3n) is 4.44. The average Bonchev–Trinajstić information content (AvgIpc) is 2.34. The highest BCUT2D eigenvalue weighted by Crippen LogP contribution is 2.32. The van der Waals surface area contributed by atoms with E-state index in [4.69, 9.17) is 0 Å². The van der Waals surface area contributed by atoms with Crippen LogP contribution in [0, 0.1) is 5.92 Å². The maximum Gasteiger partial charge on any atom is 0.161 e. The van der Waals surface area contributed by atoms with Crippen molar-refractivity contribution in [2.45, 2.75) is 71.1 Å². The lowest BCUT2D eigenvalue weighted by Gasteiger charge is -2.25. The molecule has 0 N–H and O–H groups in total. The number of allylic oxidation sites excluding steroid dienone is 2. The molecule has 1 saturated carbocycles. The molecule has 0 radical (unpaired) electrons. The zero-order valence-electron chi connectivity index (χ0n) is 11.5. The summed E-state index contributed by atoms with van der Waals surface area (Å²) in [5.74, 6) is 0.994. The van der Waals surface area contributed by atoms with Crippen molar-refractivity contribution in [3.05, 3.63) is 11.1 Å². The van der Waals surface area contributed by atoms with Crippen LogP contribution in [0.15, 0.2) is 11.1 Å². The van der Waals surface area contributed by atoms with E-state index in [1.807, 2.05) is 0 Å². The lowest BCUT2D eigenvalue weighted by Crippen LogP contribution is -2.23. The minimum Gasteiger partial charge on any atom is -0.300 e. The second-order valence-electron chi connectivity index (χ2n) is 5.85. The summed E-state index contributed by atoms with van der Waals surface area (Å²) < 4.78 is 0. The molecule has 0 aliphatic heterocycles. The van der Waals surface area contributed by atoms with Crippen LogP contribution in [-0.2, 0) is 9.59 Å². The molecule has 2 aliphatic carbocycles. The first-order chi connectivity index (χ1) is 8.68. The molecule has 0 amide bonds. The third-order valence-corrected chi connectivity index (χ3v) is 4.44. The molecule has 2 heteroatoms. The first-order valence-corrected chi connectivity index (χ1v) is 7.43. The van der Waals surface area contributed by atoms with Crippen LogP contribution in [0.2, 0.25) is 0 Å². The van der Waals surface area contributed by atoms with Gasteiger partial charge in [0.15, 0.2) is 5.78 Å². The molecule has 2 aliphatic rings. The molecule has 1 unspecified atom stereocenters. The number of Topliss-reactive ketones (excluding diaryl/α,β-unsaturated/α-hetero) is 2. The van der Waals surface area contributed by atoms with E-state index in [1.165, 1.54) is 5.57 Å². The van der Waals surface area contributed by atoms with Gasteiger partial charge in [0.2, 0.25) is 0 Å². The van der Waals surface area contributed by atoms with Gasteiger partial charge in [0.05, 0.1) is 0 Å². The molecular formula is C16H24O2. The molecule has 1 fully saturated rings. The van der Waals surface area contributed by atoms with Gasteiger partial charge >= 0.3 is 0 Å². The smallest absolute Gasteiger partial charge is 0.161 e. The Bertz CT molecular complexity index is 365. The standard InChI is InChI=1S/C16H24O2/c1-12-10-11-13-6-5-8-14(17)7-3-2-4-9-15(12)16(13)18/h13H,2-11H2,1H3. The van der Waals surface area contributed by atoms with Gasteiger partial charge in [-0.15, -0.1) is 0 Å². The van der Waals surface area contributed by atoms with Crippen LogP contribution in [-0.4, -0.2) is 11.6 Å². The van der Waals surface area contributed by atoms with E-state index in [9.17, 15) is 9.59 Å².